The highest BCUT2D eigenvalue weighted by Crippen LogP contribution is 2.25. The second-order valence-electron chi connectivity index (χ2n) is 7.56. The van der Waals surface area contributed by atoms with Gasteiger partial charge in [-0.3, -0.25) is 9.78 Å². The molecule has 2 aromatic carbocycles. The Labute approximate surface area is 175 Å². The third-order valence-corrected chi connectivity index (χ3v) is 5.70. The molecule has 1 aromatic heterocycles. The summed E-state index contributed by atoms with van der Waals surface area (Å²) in [6.45, 7) is 4.24. The zero-order valence-corrected chi connectivity index (χ0v) is 17.9. The molecule has 2 N–H and O–H groups in total. The number of carbonyl (C=O) groups is 1. The van der Waals surface area contributed by atoms with E-state index in [2.05, 4.69) is 10.3 Å². The van der Waals surface area contributed by atoms with Gasteiger partial charge < -0.3 is 10.2 Å². The summed E-state index contributed by atoms with van der Waals surface area (Å²) < 4.78 is 14.4. The number of pyridine rings is 1. The number of aromatic nitrogens is 1. The molecule has 152 valence electrons. The lowest BCUT2D eigenvalue weighted by molar-refractivity contribution is -0.890. The Morgan fingerprint density at radius 1 is 1.17 bits per heavy atom. The summed E-state index contributed by atoms with van der Waals surface area (Å²) in [5.41, 5.74) is 4.20. The van der Waals surface area contributed by atoms with Crippen LogP contribution >= 0.6 is 11.6 Å². The summed E-state index contributed by atoms with van der Waals surface area (Å²) in [5, 5.41) is 4.38. The average Bonchev–Trinajstić information content (AvgIpc) is 2.67. The Hall–Kier alpha value is -2.50. The maximum Gasteiger partial charge on any atom is 0.224 e. The molecule has 0 unspecified atom stereocenters. The van der Waals surface area contributed by atoms with Crippen LogP contribution < -0.4 is 10.2 Å². The van der Waals surface area contributed by atoms with E-state index in [4.69, 9.17) is 11.6 Å². The molecule has 6 heteroatoms. The van der Waals surface area contributed by atoms with E-state index in [9.17, 15) is 9.18 Å². The monoisotopic (exact) mass is 414 g/mol. The molecule has 0 radical (unpaired) electrons. The summed E-state index contributed by atoms with van der Waals surface area (Å²) in [6.07, 6.45) is 0.232. The number of aryl methyl sites for hydroxylation is 2. The molecule has 0 saturated carbocycles. The van der Waals surface area contributed by atoms with E-state index in [0.717, 1.165) is 32.6 Å². The number of halogens is 2. The van der Waals surface area contributed by atoms with Crippen molar-refractivity contribution >= 4 is 28.4 Å². The van der Waals surface area contributed by atoms with Crippen molar-refractivity contribution in [3.05, 3.63) is 75.7 Å². The van der Waals surface area contributed by atoms with Gasteiger partial charge in [-0.25, -0.2) is 4.39 Å². The molecule has 1 atom stereocenters. The molecule has 0 fully saturated rings. The van der Waals surface area contributed by atoms with E-state index in [0.29, 0.717) is 17.1 Å². The highest BCUT2D eigenvalue weighted by Gasteiger charge is 2.25. The fourth-order valence-corrected chi connectivity index (χ4v) is 4.00. The molecule has 0 bridgehead atoms. The minimum atomic E-state index is -0.358. The van der Waals surface area contributed by atoms with Crippen molar-refractivity contribution in [2.24, 2.45) is 0 Å². The van der Waals surface area contributed by atoms with Gasteiger partial charge in [0.15, 0.2) is 0 Å². The molecule has 0 aliphatic carbocycles. The summed E-state index contributed by atoms with van der Waals surface area (Å²) >= 11 is 6.24. The molecule has 0 saturated heterocycles. The lowest BCUT2D eigenvalue weighted by Gasteiger charge is -2.23. The summed E-state index contributed by atoms with van der Waals surface area (Å²) in [5.74, 6) is -0.477. The topological polar surface area (TPSA) is 46.4 Å². The molecule has 29 heavy (non-hydrogen) atoms. The standard InChI is InChI=1S/C23H25ClFN3O/c1-14-16-8-5-6-11-20(16)27-15(2)17(14)12-22(29)26-13-21(28(3)4)23-18(24)9-7-10-19(23)25/h5-11,21H,12-13H2,1-4H3,(H,26,29)/p+1/t21-/m1/s1. The second-order valence-corrected chi connectivity index (χ2v) is 7.97. The van der Waals surface area contributed by atoms with Crippen molar-refractivity contribution in [3.63, 3.8) is 0 Å². The van der Waals surface area contributed by atoms with Crippen LogP contribution in [0.25, 0.3) is 10.9 Å². The molecule has 1 heterocycles. The van der Waals surface area contributed by atoms with Crippen LogP contribution in [0.2, 0.25) is 5.02 Å². The molecule has 4 nitrogen and oxygen atoms in total. The number of amides is 1. The van der Waals surface area contributed by atoms with Crippen molar-refractivity contribution in [1.82, 2.24) is 10.3 Å². The van der Waals surface area contributed by atoms with E-state index in [1.807, 2.05) is 52.2 Å². The van der Waals surface area contributed by atoms with Crippen molar-refractivity contribution in [2.45, 2.75) is 26.3 Å². The summed E-state index contributed by atoms with van der Waals surface area (Å²) in [6, 6.07) is 12.3. The van der Waals surface area contributed by atoms with Crippen LogP contribution in [0.1, 0.15) is 28.4 Å². The van der Waals surface area contributed by atoms with Gasteiger partial charge in [-0.05, 0) is 43.2 Å². The normalized spacial score (nSPS) is 12.4. The Morgan fingerprint density at radius 3 is 2.59 bits per heavy atom. The van der Waals surface area contributed by atoms with E-state index >= 15 is 0 Å². The van der Waals surface area contributed by atoms with Crippen LogP contribution in [-0.4, -0.2) is 31.5 Å². The number of para-hydroxylation sites is 1. The van der Waals surface area contributed by atoms with Gasteiger partial charge in [0.2, 0.25) is 5.91 Å². The van der Waals surface area contributed by atoms with Crippen molar-refractivity contribution < 1.29 is 14.1 Å². The van der Waals surface area contributed by atoms with Gasteiger partial charge in [0, 0.05) is 11.1 Å². The first kappa shape index (κ1) is 21.2. The van der Waals surface area contributed by atoms with Crippen LogP contribution in [-0.2, 0) is 11.2 Å². The smallest absolute Gasteiger partial charge is 0.224 e. The number of hydrogen-bond donors (Lipinski definition) is 2. The van der Waals surface area contributed by atoms with Crippen molar-refractivity contribution in [2.75, 3.05) is 20.6 Å². The van der Waals surface area contributed by atoms with Gasteiger partial charge in [0.05, 0.1) is 43.2 Å². The Bertz CT molecular complexity index is 1030. The van der Waals surface area contributed by atoms with Gasteiger partial charge in [0.25, 0.3) is 0 Å². The summed E-state index contributed by atoms with van der Waals surface area (Å²) in [4.78, 5) is 18.3. The molecule has 3 aromatic rings. The van der Waals surface area contributed by atoms with Crippen LogP contribution in [0.5, 0.6) is 0 Å². The minimum absolute atomic E-state index is 0.119. The molecule has 0 aliphatic rings. The first-order valence-corrected chi connectivity index (χ1v) is 10.0. The number of carbonyl (C=O) groups excluding carboxylic acids is 1. The zero-order chi connectivity index (χ0) is 21.1. The molecule has 1 amide bonds. The lowest BCUT2D eigenvalue weighted by atomic mass is 9.99. The van der Waals surface area contributed by atoms with E-state index in [1.165, 1.54) is 6.07 Å². The average molecular weight is 415 g/mol. The number of nitrogens with one attached hydrogen (secondary N) is 2. The molecule has 3 rings (SSSR count). The minimum Gasteiger partial charge on any atom is -0.349 e. The number of quaternary nitrogens is 1. The number of benzene rings is 2. The quantitative estimate of drug-likeness (QED) is 0.650. The Balaban J connectivity index is 1.78. The maximum atomic E-state index is 14.4. The first-order chi connectivity index (χ1) is 13.8. The highest BCUT2D eigenvalue weighted by atomic mass is 35.5. The first-order valence-electron chi connectivity index (χ1n) is 9.65. The van der Waals surface area contributed by atoms with Gasteiger partial charge in [-0.1, -0.05) is 35.9 Å². The highest BCUT2D eigenvalue weighted by molar-refractivity contribution is 6.31. The van der Waals surface area contributed by atoms with E-state index in [-0.39, 0.29) is 24.2 Å². The number of rotatable bonds is 6. The van der Waals surface area contributed by atoms with Gasteiger partial charge in [-0.15, -0.1) is 0 Å². The number of likely N-dealkylation sites (N-methyl/N-ethyl adjacent to an activating group) is 1. The predicted octanol–water partition coefficient (Wildman–Crippen LogP) is 3.19. The zero-order valence-electron chi connectivity index (χ0n) is 17.1. The van der Waals surface area contributed by atoms with Crippen LogP contribution in [0, 0.1) is 19.7 Å². The molecule has 0 spiro atoms. The SMILES string of the molecule is Cc1nc2ccccc2c(C)c1CC(=O)NC[C@H](c1c(F)cccc1Cl)[NH+](C)C. The van der Waals surface area contributed by atoms with Crippen LogP contribution in [0.15, 0.2) is 42.5 Å². The number of nitrogens with zero attached hydrogens (tertiary/aromatic N) is 1. The van der Waals surface area contributed by atoms with Crippen LogP contribution in [0.4, 0.5) is 4.39 Å². The number of hydrogen-bond acceptors (Lipinski definition) is 2. The molecular formula is C23H26ClFN3O+. The second kappa shape index (κ2) is 8.89. The fourth-order valence-electron chi connectivity index (χ4n) is 3.71. The van der Waals surface area contributed by atoms with Crippen molar-refractivity contribution in [1.29, 1.82) is 0 Å². The lowest BCUT2D eigenvalue weighted by Crippen LogP contribution is -3.07. The van der Waals surface area contributed by atoms with E-state index in [1.54, 1.807) is 12.1 Å². The van der Waals surface area contributed by atoms with Gasteiger partial charge >= 0.3 is 0 Å². The Kier molecular flexibility index (Phi) is 6.50. The number of fused-ring (bicyclic) bond motifs is 1. The van der Waals surface area contributed by atoms with E-state index < -0.39 is 0 Å². The largest absolute Gasteiger partial charge is 0.349 e. The van der Waals surface area contributed by atoms with Gasteiger partial charge in [0.1, 0.15) is 11.9 Å². The molecular weight excluding hydrogens is 389 g/mol. The third kappa shape index (κ3) is 4.57. The fraction of sp³-hybridized carbons (Fsp3) is 0.304. The third-order valence-electron chi connectivity index (χ3n) is 5.37. The summed E-state index contributed by atoms with van der Waals surface area (Å²) in [7, 11) is 3.84. The van der Waals surface area contributed by atoms with Crippen LogP contribution in [0.3, 0.4) is 0 Å². The predicted molar refractivity (Wildman–Crippen MR) is 115 cm³/mol. The van der Waals surface area contributed by atoms with Gasteiger partial charge in [-0.2, -0.15) is 0 Å². The molecule has 0 aliphatic heterocycles. The maximum absolute atomic E-state index is 14.4. The van der Waals surface area contributed by atoms with Crippen molar-refractivity contribution in [3.8, 4) is 0 Å². The Morgan fingerprint density at radius 2 is 1.90 bits per heavy atom.